The summed E-state index contributed by atoms with van der Waals surface area (Å²) in [4.78, 5) is 27.5. The molecule has 2 atom stereocenters. The summed E-state index contributed by atoms with van der Waals surface area (Å²) >= 11 is 0. The van der Waals surface area contributed by atoms with Crippen LogP contribution in [-0.2, 0) is 9.59 Å². The van der Waals surface area contributed by atoms with Gasteiger partial charge >= 0.3 is 11.9 Å². The summed E-state index contributed by atoms with van der Waals surface area (Å²) in [5.41, 5.74) is 4.34. The van der Waals surface area contributed by atoms with Crippen molar-refractivity contribution < 1.29 is 19.1 Å². The van der Waals surface area contributed by atoms with Crippen molar-refractivity contribution in [1.29, 1.82) is 0 Å². The van der Waals surface area contributed by atoms with Gasteiger partial charge in [0, 0.05) is 21.5 Å². The molecule has 0 amide bonds. The summed E-state index contributed by atoms with van der Waals surface area (Å²) < 4.78 is 12.9. The number of hydrogen-bond acceptors (Lipinski definition) is 4. The molecule has 0 spiro atoms. The maximum absolute atomic E-state index is 13.7. The minimum Gasteiger partial charge on any atom is -0.425 e. The number of rotatable bonds is 13. The molecule has 6 aromatic carbocycles. The number of benzene rings is 6. The van der Waals surface area contributed by atoms with Crippen molar-refractivity contribution in [2.24, 2.45) is 11.8 Å². The van der Waals surface area contributed by atoms with Gasteiger partial charge in [0.25, 0.3) is 0 Å². The zero-order chi connectivity index (χ0) is 35.4. The molecule has 6 rings (SSSR count). The second-order valence-corrected chi connectivity index (χ2v) is 13.9. The van der Waals surface area contributed by atoms with Crippen molar-refractivity contribution in [3.63, 3.8) is 0 Å². The van der Waals surface area contributed by atoms with Crippen LogP contribution in [0.25, 0.3) is 54.2 Å². The summed E-state index contributed by atoms with van der Waals surface area (Å²) in [6.45, 7) is 12.6. The van der Waals surface area contributed by atoms with Crippen molar-refractivity contribution >= 4 is 55.0 Å². The Morgan fingerprint density at radius 2 is 0.860 bits per heavy atom. The lowest BCUT2D eigenvalue weighted by Gasteiger charge is -2.23. The number of unbranched alkanes of at least 4 members (excludes halogenated alkanes) is 2. The van der Waals surface area contributed by atoms with Crippen LogP contribution in [0.4, 0.5) is 0 Å². The third-order valence-corrected chi connectivity index (χ3v) is 10.4. The quantitative estimate of drug-likeness (QED) is 0.0699. The maximum Gasteiger partial charge on any atom is 0.314 e. The fourth-order valence-electron chi connectivity index (χ4n) is 7.51. The van der Waals surface area contributed by atoms with Gasteiger partial charge < -0.3 is 9.47 Å². The van der Waals surface area contributed by atoms with Crippen molar-refractivity contribution in [3.8, 4) is 22.6 Å². The van der Waals surface area contributed by atoms with E-state index in [1.165, 1.54) is 0 Å². The van der Waals surface area contributed by atoms with Crippen molar-refractivity contribution in [1.82, 2.24) is 0 Å². The highest BCUT2D eigenvalue weighted by Crippen LogP contribution is 2.50. The Labute approximate surface area is 296 Å². The van der Waals surface area contributed by atoms with Crippen LogP contribution in [0.15, 0.2) is 84.9 Å². The number of hydrogen-bond donors (Lipinski definition) is 0. The standard InChI is InChI=1S/C46H50O4/c1-7-11-17-31(9-3)45(47)49-43-37-21-15-13-19-33(37)41(35-25-23-29(5)27-39(35)43)42-34-20-14-16-22-38(34)44(40-28-30(6)24-26-36(40)42)50-46(48)32(10-4)18-12-8-2/h13-16,19-28,31-32H,7-12,17-18H2,1-6H3. The van der Waals surface area contributed by atoms with E-state index in [-0.39, 0.29) is 23.8 Å². The summed E-state index contributed by atoms with van der Waals surface area (Å²) in [5.74, 6) is 0.626. The van der Waals surface area contributed by atoms with Gasteiger partial charge in [0.1, 0.15) is 11.5 Å². The van der Waals surface area contributed by atoms with Gasteiger partial charge in [-0.25, -0.2) is 0 Å². The first-order chi connectivity index (χ1) is 24.3. The molecule has 0 aliphatic rings. The van der Waals surface area contributed by atoms with Crippen LogP contribution in [0.1, 0.15) is 90.2 Å². The fraction of sp³-hybridized carbons (Fsp3) is 0.348. The monoisotopic (exact) mass is 666 g/mol. The van der Waals surface area contributed by atoms with Crippen LogP contribution < -0.4 is 9.47 Å². The van der Waals surface area contributed by atoms with Gasteiger partial charge in [-0.2, -0.15) is 0 Å². The lowest BCUT2D eigenvalue weighted by atomic mass is 9.84. The van der Waals surface area contributed by atoms with E-state index >= 15 is 0 Å². The summed E-state index contributed by atoms with van der Waals surface area (Å²) in [7, 11) is 0. The van der Waals surface area contributed by atoms with Crippen LogP contribution in [0, 0.1) is 25.7 Å². The molecule has 0 aliphatic heterocycles. The van der Waals surface area contributed by atoms with Crippen LogP contribution in [0.2, 0.25) is 0 Å². The largest absolute Gasteiger partial charge is 0.425 e. The minimum absolute atomic E-state index is 0.145. The Kier molecular flexibility index (Phi) is 10.9. The Balaban J connectivity index is 1.66. The van der Waals surface area contributed by atoms with E-state index in [0.717, 1.165) is 117 Å². The molecule has 50 heavy (non-hydrogen) atoms. The smallest absolute Gasteiger partial charge is 0.314 e. The molecular weight excluding hydrogens is 617 g/mol. The first kappa shape index (κ1) is 35.1. The Morgan fingerprint density at radius 1 is 0.500 bits per heavy atom. The Bertz CT molecular complexity index is 2040. The summed E-state index contributed by atoms with van der Waals surface area (Å²) in [6.07, 6.45) is 7.22. The van der Waals surface area contributed by atoms with E-state index in [2.05, 4.69) is 114 Å². The van der Waals surface area contributed by atoms with Gasteiger partial charge in [-0.3, -0.25) is 9.59 Å². The van der Waals surface area contributed by atoms with E-state index in [4.69, 9.17) is 9.47 Å². The lowest BCUT2D eigenvalue weighted by molar-refractivity contribution is -0.140. The number of esters is 2. The molecule has 4 nitrogen and oxygen atoms in total. The van der Waals surface area contributed by atoms with Gasteiger partial charge in [-0.05, 0) is 84.3 Å². The zero-order valence-electron chi connectivity index (χ0n) is 30.5. The van der Waals surface area contributed by atoms with E-state index in [1.807, 2.05) is 12.1 Å². The predicted octanol–water partition coefficient (Wildman–Crippen LogP) is 12.8. The van der Waals surface area contributed by atoms with Gasteiger partial charge in [0.15, 0.2) is 0 Å². The number of carbonyl (C=O) groups excluding carboxylic acids is 2. The molecule has 258 valence electrons. The van der Waals surface area contributed by atoms with E-state index in [1.54, 1.807) is 0 Å². The molecule has 0 N–H and O–H groups in total. The third kappa shape index (κ3) is 6.73. The topological polar surface area (TPSA) is 52.6 Å². The van der Waals surface area contributed by atoms with E-state index in [0.29, 0.717) is 11.5 Å². The molecule has 0 radical (unpaired) electrons. The second-order valence-electron chi connectivity index (χ2n) is 13.9. The van der Waals surface area contributed by atoms with Crippen molar-refractivity contribution in [3.05, 3.63) is 96.1 Å². The molecule has 2 unspecified atom stereocenters. The molecule has 4 heteroatoms. The highest BCUT2D eigenvalue weighted by molar-refractivity contribution is 6.27. The third-order valence-electron chi connectivity index (χ3n) is 10.4. The molecule has 0 aromatic heterocycles. The van der Waals surface area contributed by atoms with Crippen LogP contribution in [0.5, 0.6) is 11.5 Å². The Morgan fingerprint density at radius 3 is 1.22 bits per heavy atom. The minimum atomic E-state index is -0.163. The molecule has 0 bridgehead atoms. The highest BCUT2D eigenvalue weighted by atomic mass is 16.5. The SMILES string of the molecule is CCCCC(CC)C(=O)Oc1c2ccccc2c(-c2c3ccccc3c(OC(=O)C(CC)CCCC)c3cc(C)ccc23)c2ccc(C)cc12. The zero-order valence-corrected chi connectivity index (χ0v) is 30.5. The molecule has 0 fully saturated rings. The lowest BCUT2D eigenvalue weighted by Crippen LogP contribution is -2.20. The molecular formula is C46H50O4. The molecule has 6 aromatic rings. The first-order valence-electron chi connectivity index (χ1n) is 18.6. The van der Waals surface area contributed by atoms with E-state index < -0.39 is 0 Å². The average molecular weight is 667 g/mol. The number of ether oxygens (including phenoxy) is 2. The van der Waals surface area contributed by atoms with Crippen molar-refractivity contribution in [2.75, 3.05) is 0 Å². The van der Waals surface area contributed by atoms with Crippen molar-refractivity contribution in [2.45, 2.75) is 92.9 Å². The second kappa shape index (κ2) is 15.5. The average Bonchev–Trinajstić information content (AvgIpc) is 3.13. The van der Waals surface area contributed by atoms with E-state index in [9.17, 15) is 9.59 Å². The van der Waals surface area contributed by atoms with Crippen LogP contribution >= 0.6 is 0 Å². The van der Waals surface area contributed by atoms with Crippen LogP contribution in [-0.4, -0.2) is 11.9 Å². The highest BCUT2D eigenvalue weighted by Gasteiger charge is 2.27. The molecule has 0 saturated carbocycles. The van der Waals surface area contributed by atoms with Gasteiger partial charge in [-0.1, -0.05) is 137 Å². The van der Waals surface area contributed by atoms with Gasteiger partial charge in [0.05, 0.1) is 11.8 Å². The van der Waals surface area contributed by atoms with Gasteiger partial charge in [-0.15, -0.1) is 0 Å². The van der Waals surface area contributed by atoms with Crippen LogP contribution in [0.3, 0.4) is 0 Å². The summed E-state index contributed by atoms with van der Waals surface area (Å²) in [6, 6.07) is 29.5. The maximum atomic E-state index is 13.7. The molecule has 0 saturated heterocycles. The van der Waals surface area contributed by atoms with Gasteiger partial charge in [0.2, 0.25) is 0 Å². The first-order valence-corrected chi connectivity index (χ1v) is 18.6. The fourth-order valence-corrected chi connectivity index (χ4v) is 7.51. The predicted molar refractivity (Wildman–Crippen MR) is 209 cm³/mol. The Hall–Kier alpha value is -4.70. The number of carbonyl (C=O) groups is 2. The summed E-state index contributed by atoms with van der Waals surface area (Å²) in [5, 5.41) is 7.69. The molecule has 0 heterocycles. The number of fused-ring (bicyclic) bond motifs is 4. The normalized spacial score (nSPS) is 12.8. The molecule has 0 aliphatic carbocycles. The number of aryl methyl sites for hydroxylation is 2.